The highest BCUT2D eigenvalue weighted by atomic mass is 32.2. The summed E-state index contributed by atoms with van der Waals surface area (Å²) in [4.78, 5) is 28.3. The van der Waals surface area contributed by atoms with Gasteiger partial charge in [0.15, 0.2) is 0 Å². The predicted octanol–water partition coefficient (Wildman–Crippen LogP) is 1.53. The van der Waals surface area contributed by atoms with E-state index in [0.717, 1.165) is 10.7 Å². The minimum absolute atomic E-state index is 0.0646. The maximum atomic E-state index is 12.6. The lowest BCUT2D eigenvalue weighted by Gasteiger charge is -2.38. The summed E-state index contributed by atoms with van der Waals surface area (Å²) in [6, 6.07) is 8.24. The van der Waals surface area contributed by atoms with Crippen LogP contribution in [-0.2, 0) is 19.6 Å². The maximum absolute atomic E-state index is 12.6. The summed E-state index contributed by atoms with van der Waals surface area (Å²) in [6.07, 6.45) is 1.91. The molecule has 8 nitrogen and oxygen atoms in total. The first-order valence-corrected chi connectivity index (χ1v) is 11.0. The van der Waals surface area contributed by atoms with E-state index in [1.54, 1.807) is 23.1 Å². The average molecular weight is 410 g/mol. The van der Waals surface area contributed by atoms with Gasteiger partial charge in [-0.3, -0.25) is 9.69 Å². The van der Waals surface area contributed by atoms with Crippen LogP contribution in [0.4, 0.5) is 4.79 Å². The number of piperidine rings is 1. The molecule has 0 spiro atoms. The summed E-state index contributed by atoms with van der Waals surface area (Å²) in [7, 11) is -2.28. The van der Waals surface area contributed by atoms with Crippen molar-refractivity contribution in [3.63, 3.8) is 0 Å². The van der Waals surface area contributed by atoms with Gasteiger partial charge in [-0.25, -0.2) is 13.2 Å². The Kier molecular flexibility index (Phi) is 6.24. The second-order valence-corrected chi connectivity index (χ2v) is 9.28. The topological polar surface area (TPSA) is 87.2 Å². The van der Waals surface area contributed by atoms with E-state index in [9.17, 15) is 18.0 Å². The van der Waals surface area contributed by atoms with Crippen LogP contribution in [0.2, 0.25) is 0 Å². The van der Waals surface area contributed by atoms with Gasteiger partial charge in [0.05, 0.1) is 17.5 Å². The molecule has 0 aliphatic carbocycles. The molecule has 2 fully saturated rings. The molecule has 0 saturated carbocycles. The molecule has 2 aliphatic rings. The highest BCUT2D eigenvalue weighted by Gasteiger charge is 2.39. The van der Waals surface area contributed by atoms with Crippen molar-refractivity contribution in [3.05, 3.63) is 30.3 Å². The van der Waals surface area contributed by atoms with Gasteiger partial charge in [0.2, 0.25) is 15.9 Å². The lowest BCUT2D eigenvalue weighted by Crippen LogP contribution is -2.51. The molecule has 0 N–H and O–H groups in total. The second kappa shape index (κ2) is 8.48. The Bertz CT molecular complexity index is 806. The molecule has 0 bridgehead atoms. The van der Waals surface area contributed by atoms with Gasteiger partial charge in [0.25, 0.3) is 0 Å². The molecule has 2 aliphatic heterocycles. The predicted molar refractivity (Wildman–Crippen MR) is 103 cm³/mol. The summed E-state index contributed by atoms with van der Waals surface area (Å²) < 4.78 is 31.4. The molecule has 1 unspecified atom stereocenters. The summed E-state index contributed by atoms with van der Waals surface area (Å²) in [5, 5.41) is 0. The van der Waals surface area contributed by atoms with Gasteiger partial charge in [-0.1, -0.05) is 25.1 Å². The van der Waals surface area contributed by atoms with Crippen molar-refractivity contribution >= 4 is 22.0 Å². The molecule has 0 radical (unpaired) electrons. The molecule has 9 heteroatoms. The van der Waals surface area contributed by atoms with Crippen LogP contribution in [0.5, 0.6) is 0 Å². The molecular weight excluding hydrogens is 382 g/mol. The quantitative estimate of drug-likeness (QED) is 0.711. The lowest BCUT2D eigenvalue weighted by atomic mass is 10.0. The van der Waals surface area contributed by atoms with Crippen molar-refractivity contribution in [1.82, 2.24) is 14.1 Å². The average Bonchev–Trinajstić information content (AvgIpc) is 3.09. The first-order valence-electron chi connectivity index (χ1n) is 9.58. The van der Waals surface area contributed by atoms with Crippen molar-refractivity contribution in [1.29, 1.82) is 0 Å². The molecule has 1 atom stereocenters. The SMILES string of the molecule is CCC1COC(=O)N1C1CCN(C(=O)CN(C)S(=O)(=O)c2ccccc2)CC1. The van der Waals surface area contributed by atoms with Crippen LogP contribution in [-0.4, -0.2) is 79.9 Å². The Morgan fingerprint density at radius 1 is 1.21 bits per heavy atom. The zero-order valence-electron chi connectivity index (χ0n) is 16.3. The number of hydrogen-bond acceptors (Lipinski definition) is 5. The summed E-state index contributed by atoms with van der Waals surface area (Å²) in [6.45, 7) is 3.26. The van der Waals surface area contributed by atoms with Crippen LogP contribution in [0, 0.1) is 0 Å². The third kappa shape index (κ3) is 4.15. The third-order valence-electron chi connectivity index (χ3n) is 5.49. The van der Waals surface area contributed by atoms with Crippen LogP contribution >= 0.6 is 0 Å². The molecule has 2 heterocycles. The first-order chi connectivity index (χ1) is 13.3. The highest BCUT2D eigenvalue weighted by molar-refractivity contribution is 7.89. The number of benzene rings is 1. The standard InChI is InChI=1S/C19H27N3O5S/c1-3-15-14-27-19(24)22(15)16-9-11-21(12-10-16)18(23)13-20(2)28(25,26)17-7-5-4-6-8-17/h4-8,15-16H,3,9-14H2,1-2H3. The Labute approximate surface area is 166 Å². The van der Waals surface area contributed by atoms with E-state index in [1.807, 2.05) is 11.8 Å². The monoisotopic (exact) mass is 409 g/mol. The Morgan fingerprint density at radius 2 is 1.86 bits per heavy atom. The lowest BCUT2D eigenvalue weighted by molar-refractivity contribution is -0.132. The minimum atomic E-state index is -3.70. The normalized spacial score (nSPS) is 21.2. The van der Waals surface area contributed by atoms with Crippen LogP contribution in [0.1, 0.15) is 26.2 Å². The number of rotatable bonds is 6. The van der Waals surface area contributed by atoms with E-state index in [2.05, 4.69) is 0 Å². The van der Waals surface area contributed by atoms with Crippen molar-refractivity contribution in [2.75, 3.05) is 33.3 Å². The van der Waals surface area contributed by atoms with E-state index in [-0.39, 0.29) is 35.5 Å². The number of carbonyl (C=O) groups is 2. The zero-order chi connectivity index (χ0) is 20.3. The summed E-state index contributed by atoms with van der Waals surface area (Å²) >= 11 is 0. The smallest absolute Gasteiger partial charge is 0.410 e. The number of nitrogens with zero attached hydrogens (tertiary/aromatic N) is 3. The molecule has 2 amide bonds. The van der Waals surface area contributed by atoms with Crippen LogP contribution in [0.25, 0.3) is 0 Å². The van der Waals surface area contributed by atoms with Crippen molar-refractivity contribution in [3.8, 4) is 0 Å². The number of cyclic esters (lactones) is 1. The van der Waals surface area contributed by atoms with E-state index in [4.69, 9.17) is 4.74 Å². The molecular formula is C19H27N3O5S. The number of sulfonamides is 1. The van der Waals surface area contributed by atoms with Gasteiger partial charge in [-0.2, -0.15) is 4.31 Å². The van der Waals surface area contributed by atoms with Crippen LogP contribution < -0.4 is 0 Å². The number of likely N-dealkylation sites (tertiary alicyclic amines) is 1. The second-order valence-electron chi connectivity index (χ2n) is 7.23. The Hall–Kier alpha value is -2.13. The van der Waals surface area contributed by atoms with Crippen LogP contribution in [0.15, 0.2) is 35.2 Å². The Morgan fingerprint density at radius 3 is 2.46 bits per heavy atom. The van der Waals surface area contributed by atoms with E-state index in [0.29, 0.717) is 32.5 Å². The van der Waals surface area contributed by atoms with Gasteiger partial charge in [-0.15, -0.1) is 0 Å². The number of ether oxygens (including phenoxy) is 1. The molecule has 2 saturated heterocycles. The largest absolute Gasteiger partial charge is 0.447 e. The van der Waals surface area contributed by atoms with Gasteiger partial charge in [-0.05, 0) is 31.4 Å². The number of hydrogen-bond donors (Lipinski definition) is 0. The van der Waals surface area contributed by atoms with Gasteiger partial charge < -0.3 is 9.64 Å². The number of amides is 2. The van der Waals surface area contributed by atoms with E-state index in [1.165, 1.54) is 19.2 Å². The Balaban J connectivity index is 1.56. The number of carbonyl (C=O) groups excluding carboxylic acids is 2. The fraction of sp³-hybridized carbons (Fsp3) is 0.579. The molecule has 28 heavy (non-hydrogen) atoms. The van der Waals surface area contributed by atoms with E-state index >= 15 is 0 Å². The summed E-state index contributed by atoms with van der Waals surface area (Å²) in [5.41, 5.74) is 0. The van der Waals surface area contributed by atoms with Gasteiger partial charge >= 0.3 is 6.09 Å². The van der Waals surface area contributed by atoms with Crippen molar-refractivity contribution in [2.24, 2.45) is 0 Å². The molecule has 3 rings (SSSR count). The fourth-order valence-electron chi connectivity index (χ4n) is 3.77. The molecule has 0 aromatic heterocycles. The van der Waals surface area contributed by atoms with Crippen LogP contribution in [0.3, 0.4) is 0 Å². The molecule has 154 valence electrons. The van der Waals surface area contributed by atoms with Crippen molar-refractivity contribution in [2.45, 2.75) is 43.2 Å². The van der Waals surface area contributed by atoms with Gasteiger partial charge in [0.1, 0.15) is 6.61 Å². The van der Waals surface area contributed by atoms with E-state index < -0.39 is 10.0 Å². The number of likely N-dealkylation sites (N-methyl/N-ethyl adjacent to an activating group) is 1. The minimum Gasteiger partial charge on any atom is -0.447 e. The molecule has 1 aromatic rings. The summed E-state index contributed by atoms with van der Waals surface area (Å²) in [5.74, 6) is -0.225. The maximum Gasteiger partial charge on any atom is 0.410 e. The van der Waals surface area contributed by atoms with Crippen molar-refractivity contribution < 1.29 is 22.7 Å². The zero-order valence-corrected chi connectivity index (χ0v) is 17.1. The van der Waals surface area contributed by atoms with Gasteiger partial charge in [0, 0.05) is 26.2 Å². The highest BCUT2D eigenvalue weighted by Crippen LogP contribution is 2.25. The molecule has 1 aromatic carbocycles. The third-order valence-corrected chi connectivity index (χ3v) is 7.31. The first kappa shape index (κ1) is 20.6. The fourth-order valence-corrected chi connectivity index (χ4v) is 4.92.